The summed E-state index contributed by atoms with van der Waals surface area (Å²) in [7, 11) is -3.41. The van der Waals surface area contributed by atoms with Gasteiger partial charge < -0.3 is 15.3 Å². The van der Waals surface area contributed by atoms with Crippen LogP contribution >= 0.6 is 0 Å². The third-order valence-electron chi connectivity index (χ3n) is 5.88. The van der Waals surface area contributed by atoms with Gasteiger partial charge >= 0.3 is 0 Å². The number of benzene rings is 2. The van der Waals surface area contributed by atoms with Gasteiger partial charge in [-0.1, -0.05) is 24.6 Å². The van der Waals surface area contributed by atoms with E-state index in [4.69, 9.17) is 0 Å². The minimum atomic E-state index is -3.41. The van der Waals surface area contributed by atoms with E-state index in [-0.39, 0.29) is 10.6 Å². The number of likely N-dealkylation sites (tertiary alicyclic amines) is 1. The highest BCUT2D eigenvalue weighted by molar-refractivity contribution is 7.90. The molecule has 1 saturated heterocycles. The van der Waals surface area contributed by atoms with Crippen LogP contribution in [-0.2, 0) is 9.84 Å². The quantitative estimate of drug-likeness (QED) is 0.626. The average molecular weight is 441 g/mol. The predicted molar refractivity (Wildman–Crippen MR) is 123 cm³/mol. The maximum atomic E-state index is 11.8. The molecule has 0 bridgehead atoms. The molecule has 1 fully saturated rings. The summed E-state index contributed by atoms with van der Waals surface area (Å²) >= 11 is 0. The lowest BCUT2D eigenvalue weighted by atomic mass is 10.0. The fourth-order valence-corrected chi connectivity index (χ4v) is 4.81. The van der Waals surface area contributed by atoms with Gasteiger partial charge in [0.25, 0.3) is 0 Å². The molecule has 8 heteroatoms. The van der Waals surface area contributed by atoms with Gasteiger partial charge in [0.2, 0.25) is 0 Å². The number of aromatic nitrogens is 2. The first-order chi connectivity index (χ1) is 14.8. The van der Waals surface area contributed by atoms with Crippen molar-refractivity contribution in [3.8, 4) is 17.0 Å². The molecule has 1 aromatic heterocycles. The van der Waals surface area contributed by atoms with Crippen molar-refractivity contribution in [3.63, 3.8) is 0 Å². The molecule has 2 N–H and O–H groups in total. The van der Waals surface area contributed by atoms with E-state index in [1.807, 2.05) is 19.1 Å². The molecule has 4 rings (SSSR count). The van der Waals surface area contributed by atoms with Crippen LogP contribution in [0.25, 0.3) is 22.0 Å². The Morgan fingerprint density at radius 2 is 1.97 bits per heavy atom. The van der Waals surface area contributed by atoms with Crippen LogP contribution in [0.2, 0.25) is 0 Å². The van der Waals surface area contributed by atoms with Gasteiger partial charge in [-0.3, -0.25) is 0 Å². The predicted octanol–water partition coefficient (Wildman–Crippen LogP) is 3.61. The maximum Gasteiger partial charge on any atom is 0.175 e. The molecule has 0 spiro atoms. The second-order valence-electron chi connectivity index (χ2n) is 8.27. The highest BCUT2D eigenvalue weighted by Crippen LogP contribution is 2.36. The van der Waals surface area contributed by atoms with E-state index in [0.29, 0.717) is 17.3 Å². The molecule has 0 radical (unpaired) electrons. The van der Waals surface area contributed by atoms with Crippen LogP contribution in [0, 0.1) is 6.92 Å². The molecule has 0 amide bonds. The van der Waals surface area contributed by atoms with Gasteiger partial charge in [-0.2, -0.15) is 0 Å². The van der Waals surface area contributed by atoms with Crippen molar-refractivity contribution in [3.05, 3.63) is 42.0 Å². The number of fused-ring (bicyclic) bond motifs is 1. The Balaban J connectivity index is 1.77. The number of piperidine rings is 1. The van der Waals surface area contributed by atoms with Crippen LogP contribution in [0.1, 0.15) is 25.3 Å². The first-order valence-corrected chi connectivity index (χ1v) is 12.4. The normalized spacial score (nSPS) is 17.7. The van der Waals surface area contributed by atoms with Crippen molar-refractivity contribution in [2.24, 2.45) is 0 Å². The lowest BCUT2D eigenvalue weighted by molar-refractivity contribution is 0.226. The number of likely N-dealkylation sites (N-methyl/N-ethyl adjacent to an activating group) is 1. The Morgan fingerprint density at radius 1 is 1.16 bits per heavy atom. The third-order valence-corrected chi connectivity index (χ3v) is 6.99. The van der Waals surface area contributed by atoms with E-state index < -0.39 is 9.84 Å². The SMILES string of the molecule is CCN1CCC[C@@H](Nc2nnc(-c3ccc(S(C)(=O)=O)cc3O)c3ccc(C)cc23)C1. The number of nitrogens with one attached hydrogen (secondary N) is 1. The number of phenols is 1. The second kappa shape index (κ2) is 8.43. The van der Waals surface area contributed by atoms with Crippen LogP contribution < -0.4 is 5.32 Å². The number of sulfone groups is 1. The molecule has 0 aliphatic carbocycles. The van der Waals surface area contributed by atoms with Crippen molar-refractivity contribution in [2.45, 2.75) is 37.6 Å². The van der Waals surface area contributed by atoms with Gasteiger partial charge in [0.15, 0.2) is 15.7 Å². The van der Waals surface area contributed by atoms with E-state index in [1.54, 1.807) is 6.07 Å². The maximum absolute atomic E-state index is 11.8. The Labute approximate surface area is 183 Å². The van der Waals surface area contributed by atoms with Gasteiger partial charge in [0, 0.05) is 35.2 Å². The van der Waals surface area contributed by atoms with Gasteiger partial charge in [-0.25, -0.2) is 8.42 Å². The standard InChI is InChI=1S/C23H28N4O3S/c1-4-27-11-5-6-16(14-27)24-23-20-12-15(2)7-9-18(20)22(25-26-23)19-10-8-17(13-21(19)28)31(3,29)30/h7-10,12-13,16,28H,4-6,11,14H2,1-3H3,(H,24,26)/t16-/m1/s1. The topological polar surface area (TPSA) is 95.4 Å². The molecule has 0 unspecified atom stereocenters. The van der Waals surface area contributed by atoms with Gasteiger partial charge in [-0.15, -0.1) is 10.2 Å². The number of hydrogen-bond donors (Lipinski definition) is 2. The zero-order valence-electron chi connectivity index (χ0n) is 18.1. The first kappa shape index (κ1) is 21.5. The fourth-order valence-electron chi connectivity index (χ4n) is 4.17. The van der Waals surface area contributed by atoms with Crippen LogP contribution in [-0.4, -0.2) is 60.6 Å². The zero-order valence-corrected chi connectivity index (χ0v) is 18.9. The Morgan fingerprint density at radius 3 is 2.68 bits per heavy atom. The second-order valence-corrected chi connectivity index (χ2v) is 10.3. The summed E-state index contributed by atoms with van der Waals surface area (Å²) in [6.07, 6.45) is 3.35. The molecule has 1 aliphatic rings. The summed E-state index contributed by atoms with van der Waals surface area (Å²) in [5.41, 5.74) is 2.08. The van der Waals surface area contributed by atoms with Gasteiger partial charge in [0.05, 0.1) is 4.90 Å². The lowest BCUT2D eigenvalue weighted by Gasteiger charge is -2.32. The number of nitrogens with zero attached hydrogens (tertiary/aromatic N) is 3. The summed E-state index contributed by atoms with van der Waals surface area (Å²) in [5, 5.41) is 24.8. The number of anilines is 1. The van der Waals surface area contributed by atoms with Crippen LogP contribution in [0.3, 0.4) is 0 Å². The smallest absolute Gasteiger partial charge is 0.175 e. The van der Waals surface area contributed by atoms with Crippen LogP contribution in [0.5, 0.6) is 5.75 Å². The summed E-state index contributed by atoms with van der Waals surface area (Å²) < 4.78 is 23.6. The monoisotopic (exact) mass is 440 g/mol. The lowest BCUT2D eigenvalue weighted by Crippen LogP contribution is -2.42. The molecule has 2 heterocycles. The van der Waals surface area contributed by atoms with E-state index in [1.165, 1.54) is 12.1 Å². The highest BCUT2D eigenvalue weighted by atomic mass is 32.2. The molecule has 1 atom stereocenters. The van der Waals surface area contributed by atoms with E-state index >= 15 is 0 Å². The van der Waals surface area contributed by atoms with Gasteiger partial charge in [0.1, 0.15) is 11.4 Å². The summed E-state index contributed by atoms with van der Waals surface area (Å²) in [5.74, 6) is 0.600. The molecule has 1 aliphatic heterocycles. The highest BCUT2D eigenvalue weighted by Gasteiger charge is 2.21. The molecule has 3 aromatic rings. The van der Waals surface area contributed by atoms with Crippen molar-refractivity contribution < 1.29 is 13.5 Å². The molecular weight excluding hydrogens is 412 g/mol. The largest absolute Gasteiger partial charge is 0.507 e. The van der Waals surface area contributed by atoms with Crippen molar-refractivity contribution in [2.75, 3.05) is 31.2 Å². The number of hydrogen-bond acceptors (Lipinski definition) is 7. The number of rotatable bonds is 5. The van der Waals surface area contributed by atoms with Gasteiger partial charge in [-0.05, 0) is 57.1 Å². The van der Waals surface area contributed by atoms with Crippen LogP contribution in [0.15, 0.2) is 41.3 Å². The number of aromatic hydroxyl groups is 1. The molecule has 0 saturated carbocycles. The van der Waals surface area contributed by atoms with Crippen LogP contribution in [0.4, 0.5) is 5.82 Å². The molecule has 31 heavy (non-hydrogen) atoms. The molecule has 7 nitrogen and oxygen atoms in total. The molecular formula is C23H28N4O3S. The third kappa shape index (κ3) is 4.50. The first-order valence-electron chi connectivity index (χ1n) is 10.6. The molecule has 164 valence electrons. The Hall–Kier alpha value is -2.71. The van der Waals surface area contributed by atoms with Crippen molar-refractivity contribution >= 4 is 26.4 Å². The minimum Gasteiger partial charge on any atom is -0.507 e. The van der Waals surface area contributed by atoms with Crippen molar-refractivity contribution in [1.82, 2.24) is 15.1 Å². The van der Waals surface area contributed by atoms with Crippen molar-refractivity contribution in [1.29, 1.82) is 0 Å². The summed E-state index contributed by atoms with van der Waals surface area (Å²) in [6, 6.07) is 10.7. The summed E-state index contributed by atoms with van der Waals surface area (Å²) in [6.45, 7) is 7.34. The van der Waals surface area contributed by atoms with E-state index in [2.05, 4.69) is 33.4 Å². The fraction of sp³-hybridized carbons (Fsp3) is 0.391. The summed E-state index contributed by atoms with van der Waals surface area (Å²) in [4.78, 5) is 2.50. The zero-order chi connectivity index (χ0) is 22.2. The minimum absolute atomic E-state index is 0.0675. The number of phenolic OH excluding ortho intramolecular Hbond substituents is 1. The number of aryl methyl sites for hydroxylation is 1. The Bertz CT molecular complexity index is 1230. The molecule has 2 aromatic carbocycles. The van der Waals surface area contributed by atoms with E-state index in [0.717, 1.165) is 60.9 Å². The average Bonchev–Trinajstić information content (AvgIpc) is 2.74. The Kier molecular flexibility index (Phi) is 5.85. The van der Waals surface area contributed by atoms with E-state index in [9.17, 15) is 13.5 Å².